The highest BCUT2D eigenvalue weighted by Gasteiger charge is 2.29. The van der Waals surface area contributed by atoms with Gasteiger partial charge in [0, 0.05) is 18.9 Å². The van der Waals surface area contributed by atoms with Crippen molar-refractivity contribution >= 4 is 6.09 Å². The lowest BCUT2D eigenvalue weighted by atomic mass is 9.97. The van der Waals surface area contributed by atoms with Crippen molar-refractivity contribution in [3.05, 3.63) is 66.0 Å². The summed E-state index contributed by atoms with van der Waals surface area (Å²) in [6.07, 6.45) is 6.47. The van der Waals surface area contributed by atoms with E-state index in [4.69, 9.17) is 4.74 Å². The Morgan fingerprint density at radius 1 is 1.18 bits per heavy atom. The maximum atomic E-state index is 12.4. The van der Waals surface area contributed by atoms with Crippen LogP contribution >= 0.6 is 0 Å². The summed E-state index contributed by atoms with van der Waals surface area (Å²) >= 11 is 0. The van der Waals surface area contributed by atoms with Crippen molar-refractivity contribution < 1.29 is 9.53 Å². The summed E-state index contributed by atoms with van der Waals surface area (Å²) in [7, 11) is 0. The average molecular weight is 296 g/mol. The van der Waals surface area contributed by atoms with Gasteiger partial charge in [-0.3, -0.25) is 4.98 Å². The number of benzene rings is 1. The van der Waals surface area contributed by atoms with Crippen LogP contribution in [0.15, 0.2) is 54.9 Å². The number of pyridine rings is 1. The molecular weight excluding hydrogens is 276 g/mol. The fraction of sp³-hybridized carbons (Fsp3) is 0.333. The van der Waals surface area contributed by atoms with Crippen LogP contribution in [0.5, 0.6) is 0 Å². The minimum absolute atomic E-state index is 0.0747. The largest absolute Gasteiger partial charge is 0.445 e. The molecule has 1 saturated heterocycles. The Hall–Kier alpha value is -2.36. The predicted molar refractivity (Wildman–Crippen MR) is 84.2 cm³/mol. The number of ether oxygens (including phenoxy) is 1. The van der Waals surface area contributed by atoms with Gasteiger partial charge in [0.1, 0.15) is 6.61 Å². The second-order valence-corrected chi connectivity index (χ2v) is 5.53. The van der Waals surface area contributed by atoms with E-state index in [1.807, 2.05) is 53.6 Å². The normalized spacial score (nSPS) is 18.0. The van der Waals surface area contributed by atoms with Crippen LogP contribution in [0.25, 0.3) is 0 Å². The van der Waals surface area contributed by atoms with E-state index < -0.39 is 0 Å². The van der Waals surface area contributed by atoms with E-state index in [1.54, 1.807) is 6.20 Å². The first-order chi connectivity index (χ1) is 10.8. The summed E-state index contributed by atoms with van der Waals surface area (Å²) in [6.45, 7) is 1.06. The molecule has 1 amide bonds. The highest BCUT2D eigenvalue weighted by atomic mass is 16.6. The van der Waals surface area contributed by atoms with Crippen molar-refractivity contribution in [1.82, 2.24) is 9.88 Å². The monoisotopic (exact) mass is 296 g/mol. The molecule has 1 fully saturated rings. The highest BCUT2D eigenvalue weighted by Crippen LogP contribution is 2.30. The molecule has 0 aliphatic carbocycles. The molecule has 1 aliphatic heterocycles. The third kappa shape index (κ3) is 3.45. The first kappa shape index (κ1) is 14.6. The number of likely N-dealkylation sites (tertiary alicyclic amines) is 1. The number of hydrogen-bond acceptors (Lipinski definition) is 3. The van der Waals surface area contributed by atoms with Crippen molar-refractivity contribution in [3.8, 4) is 0 Å². The molecule has 0 saturated carbocycles. The van der Waals surface area contributed by atoms with Crippen molar-refractivity contribution in [1.29, 1.82) is 0 Å². The molecule has 1 atom stereocenters. The summed E-state index contributed by atoms with van der Waals surface area (Å²) in [5, 5.41) is 0. The Bertz CT molecular complexity index is 601. The minimum atomic E-state index is -0.239. The maximum Gasteiger partial charge on any atom is 0.410 e. The molecule has 0 N–H and O–H groups in total. The number of piperidine rings is 1. The van der Waals surface area contributed by atoms with Crippen molar-refractivity contribution in [2.75, 3.05) is 6.54 Å². The first-order valence-electron chi connectivity index (χ1n) is 7.72. The third-order valence-corrected chi connectivity index (χ3v) is 4.01. The van der Waals surface area contributed by atoms with Gasteiger partial charge in [0.05, 0.1) is 6.04 Å². The topological polar surface area (TPSA) is 42.4 Å². The lowest BCUT2D eigenvalue weighted by Crippen LogP contribution is -2.38. The van der Waals surface area contributed by atoms with Crippen LogP contribution in [-0.4, -0.2) is 22.5 Å². The molecule has 22 heavy (non-hydrogen) atoms. The fourth-order valence-electron chi connectivity index (χ4n) is 2.87. The smallest absolute Gasteiger partial charge is 0.410 e. The van der Waals surface area contributed by atoms with Gasteiger partial charge < -0.3 is 9.64 Å². The zero-order chi connectivity index (χ0) is 15.2. The molecule has 114 valence electrons. The van der Waals surface area contributed by atoms with Crippen LogP contribution in [-0.2, 0) is 11.3 Å². The Morgan fingerprint density at radius 2 is 2.05 bits per heavy atom. The molecule has 0 bridgehead atoms. The van der Waals surface area contributed by atoms with Crippen LogP contribution in [0.4, 0.5) is 4.79 Å². The third-order valence-electron chi connectivity index (χ3n) is 4.01. The fourth-order valence-corrected chi connectivity index (χ4v) is 2.87. The minimum Gasteiger partial charge on any atom is -0.445 e. The van der Waals surface area contributed by atoms with Crippen LogP contribution in [0.2, 0.25) is 0 Å². The Kier molecular flexibility index (Phi) is 4.68. The number of amides is 1. The quantitative estimate of drug-likeness (QED) is 0.861. The number of carbonyl (C=O) groups is 1. The van der Waals surface area contributed by atoms with Gasteiger partial charge in [-0.2, -0.15) is 0 Å². The molecule has 0 spiro atoms. The van der Waals surface area contributed by atoms with E-state index in [0.717, 1.165) is 36.9 Å². The lowest BCUT2D eigenvalue weighted by Gasteiger charge is -2.35. The van der Waals surface area contributed by atoms with Gasteiger partial charge >= 0.3 is 6.09 Å². The Balaban J connectivity index is 1.66. The summed E-state index contributed by atoms with van der Waals surface area (Å²) in [6, 6.07) is 13.8. The van der Waals surface area contributed by atoms with E-state index in [2.05, 4.69) is 4.98 Å². The van der Waals surface area contributed by atoms with E-state index in [-0.39, 0.29) is 12.1 Å². The molecule has 4 heteroatoms. The van der Waals surface area contributed by atoms with Crippen molar-refractivity contribution in [2.45, 2.75) is 31.9 Å². The second-order valence-electron chi connectivity index (χ2n) is 5.53. The van der Waals surface area contributed by atoms with Gasteiger partial charge in [0.2, 0.25) is 0 Å². The maximum absolute atomic E-state index is 12.4. The van der Waals surface area contributed by atoms with Crippen LogP contribution in [0.1, 0.15) is 36.4 Å². The molecule has 4 nitrogen and oxygen atoms in total. The molecule has 0 radical (unpaired) electrons. The van der Waals surface area contributed by atoms with Gasteiger partial charge in [0.25, 0.3) is 0 Å². The zero-order valence-corrected chi connectivity index (χ0v) is 12.5. The molecular formula is C18H20N2O2. The summed E-state index contributed by atoms with van der Waals surface area (Å²) < 4.78 is 5.49. The number of rotatable bonds is 3. The van der Waals surface area contributed by atoms with Crippen LogP contribution < -0.4 is 0 Å². The van der Waals surface area contributed by atoms with E-state index >= 15 is 0 Å². The number of carbonyl (C=O) groups excluding carboxylic acids is 1. The lowest BCUT2D eigenvalue weighted by molar-refractivity contribution is 0.0678. The van der Waals surface area contributed by atoms with Gasteiger partial charge in [-0.25, -0.2) is 4.79 Å². The van der Waals surface area contributed by atoms with Crippen molar-refractivity contribution in [3.63, 3.8) is 0 Å². The van der Waals surface area contributed by atoms with Gasteiger partial charge in [0.15, 0.2) is 0 Å². The van der Waals surface area contributed by atoms with E-state index in [9.17, 15) is 4.79 Å². The van der Waals surface area contributed by atoms with E-state index in [0.29, 0.717) is 6.61 Å². The van der Waals surface area contributed by atoms with Gasteiger partial charge in [-0.15, -0.1) is 0 Å². The van der Waals surface area contributed by atoms with Crippen LogP contribution in [0.3, 0.4) is 0 Å². The SMILES string of the molecule is O=C(OCc1ccccc1)N1CCCCC1c1cccnc1. The van der Waals surface area contributed by atoms with Crippen LogP contribution in [0, 0.1) is 0 Å². The average Bonchev–Trinajstić information content (AvgIpc) is 2.61. The first-order valence-corrected chi connectivity index (χ1v) is 7.72. The molecule has 1 aromatic heterocycles. The zero-order valence-electron chi connectivity index (χ0n) is 12.5. The van der Waals surface area contributed by atoms with Gasteiger partial charge in [-0.05, 0) is 36.5 Å². The molecule has 1 aliphatic rings. The molecule has 2 aromatic rings. The van der Waals surface area contributed by atoms with E-state index in [1.165, 1.54) is 0 Å². The highest BCUT2D eigenvalue weighted by molar-refractivity contribution is 5.68. The van der Waals surface area contributed by atoms with Gasteiger partial charge in [-0.1, -0.05) is 36.4 Å². The number of aromatic nitrogens is 1. The Labute approximate surface area is 130 Å². The second kappa shape index (κ2) is 7.07. The predicted octanol–water partition coefficient (Wildman–Crippen LogP) is 3.95. The number of nitrogens with zero attached hydrogens (tertiary/aromatic N) is 2. The molecule has 3 rings (SSSR count). The summed E-state index contributed by atoms with van der Waals surface area (Å²) in [5.41, 5.74) is 2.09. The number of hydrogen-bond donors (Lipinski definition) is 0. The van der Waals surface area contributed by atoms with Crippen molar-refractivity contribution in [2.24, 2.45) is 0 Å². The summed E-state index contributed by atoms with van der Waals surface area (Å²) in [4.78, 5) is 18.4. The Morgan fingerprint density at radius 3 is 2.82 bits per heavy atom. The molecule has 1 aromatic carbocycles. The standard InChI is InChI=1S/C18H20N2O2/c21-18(22-14-15-7-2-1-3-8-15)20-12-5-4-10-17(20)16-9-6-11-19-13-16/h1-3,6-9,11,13,17H,4-5,10,12,14H2. The summed E-state index contributed by atoms with van der Waals surface area (Å²) in [5.74, 6) is 0. The molecule has 2 heterocycles. The molecule has 1 unspecified atom stereocenters.